The highest BCUT2D eigenvalue weighted by Crippen LogP contribution is 2.34. The summed E-state index contributed by atoms with van der Waals surface area (Å²) >= 11 is 0. The summed E-state index contributed by atoms with van der Waals surface area (Å²) in [5, 5.41) is 4.39. The highest BCUT2D eigenvalue weighted by molar-refractivity contribution is 5.99. The number of aromatic nitrogens is 2. The molecule has 5 nitrogen and oxygen atoms in total. The van der Waals surface area contributed by atoms with Crippen molar-refractivity contribution in [2.75, 3.05) is 10.6 Å². The third-order valence-electron chi connectivity index (χ3n) is 2.21. The predicted molar refractivity (Wildman–Crippen MR) is 62.7 cm³/mol. The third-order valence-corrected chi connectivity index (χ3v) is 2.21. The van der Waals surface area contributed by atoms with Crippen molar-refractivity contribution < 1.29 is 18.0 Å². The SMILES string of the molecule is O=C(Nc1ncc[nH]1)Nc1ccccc1C(F)(F)F. The van der Waals surface area contributed by atoms with Crippen molar-refractivity contribution in [1.29, 1.82) is 0 Å². The number of benzene rings is 1. The van der Waals surface area contributed by atoms with Crippen LogP contribution in [0.4, 0.5) is 29.6 Å². The molecule has 0 saturated heterocycles. The van der Waals surface area contributed by atoms with Gasteiger partial charge in [-0.2, -0.15) is 13.2 Å². The quantitative estimate of drug-likeness (QED) is 0.784. The van der Waals surface area contributed by atoms with Crippen LogP contribution in [0.3, 0.4) is 0 Å². The summed E-state index contributed by atoms with van der Waals surface area (Å²) in [6.45, 7) is 0. The molecule has 2 rings (SSSR count). The number of carbonyl (C=O) groups is 1. The van der Waals surface area contributed by atoms with Crippen LogP contribution >= 0.6 is 0 Å². The molecule has 3 N–H and O–H groups in total. The number of nitrogens with one attached hydrogen (secondary N) is 3. The van der Waals surface area contributed by atoms with Gasteiger partial charge in [-0.15, -0.1) is 0 Å². The molecule has 19 heavy (non-hydrogen) atoms. The van der Waals surface area contributed by atoms with Crippen LogP contribution in [0.15, 0.2) is 36.7 Å². The van der Waals surface area contributed by atoms with E-state index in [0.29, 0.717) is 0 Å². The first-order chi connectivity index (χ1) is 8.97. The Labute approximate surface area is 105 Å². The number of carbonyl (C=O) groups excluding carboxylic acids is 1. The van der Waals surface area contributed by atoms with Gasteiger partial charge in [-0.25, -0.2) is 9.78 Å². The van der Waals surface area contributed by atoms with E-state index in [1.807, 2.05) is 0 Å². The topological polar surface area (TPSA) is 69.8 Å². The minimum atomic E-state index is -4.53. The molecule has 0 bridgehead atoms. The normalized spacial score (nSPS) is 11.1. The average Bonchev–Trinajstić information content (AvgIpc) is 2.81. The van der Waals surface area contributed by atoms with Gasteiger partial charge in [0, 0.05) is 12.4 Å². The summed E-state index contributed by atoms with van der Waals surface area (Å²) in [5.41, 5.74) is -1.23. The van der Waals surface area contributed by atoms with Crippen LogP contribution in [0.25, 0.3) is 0 Å². The van der Waals surface area contributed by atoms with Gasteiger partial charge in [-0.05, 0) is 12.1 Å². The summed E-state index contributed by atoms with van der Waals surface area (Å²) in [6, 6.07) is 3.90. The summed E-state index contributed by atoms with van der Waals surface area (Å²) in [6.07, 6.45) is -1.66. The average molecular weight is 270 g/mol. The number of anilines is 2. The van der Waals surface area contributed by atoms with Crippen molar-refractivity contribution in [3.8, 4) is 0 Å². The Morgan fingerprint density at radius 2 is 1.95 bits per heavy atom. The second kappa shape index (κ2) is 5.01. The van der Waals surface area contributed by atoms with E-state index in [0.717, 1.165) is 6.07 Å². The van der Waals surface area contributed by atoms with Gasteiger partial charge >= 0.3 is 12.2 Å². The predicted octanol–water partition coefficient (Wildman–Crippen LogP) is 3.07. The van der Waals surface area contributed by atoms with Crippen LogP contribution < -0.4 is 10.6 Å². The lowest BCUT2D eigenvalue weighted by atomic mass is 10.1. The molecule has 0 atom stereocenters. The van der Waals surface area contributed by atoms with Gasteiger partial charge in [0.15, 0.2) is 0 Å². The molecule has 0 aliphatic rings. The van der Waals surface area contributed by atoms with Crippen molar-refractivity contribution >= 4 is 17.7 Å². The van der Waals surface area contributed by atoms with Crippen molar-refractivity contribution in [2.45, 2.75) is 6.18 Å². The van der Waals surface area contributed by atoms with Gasteiger partial charge in [-0.3, -0.25) is 5.32 Å². The number of H-pyrrole nitrogens is 1. The molecular weight excluding hydrogens is 261 g/mol. The molecular formula is C11H9F3N4O. The van der Waals surface area contributed by atoms with Crippen LogP contribution in [0.5, 0.6) is 0 Å². The number of para-hydroxylation sites is 1. The van der Waals surface area contributed by atoms with E-state index in [2.05, 4.69) is 20.6 Å². The van der Waals surface area contributed by atoms with Crippen molar-refractivity contribution in [3.05, 3.63) is 42.2 Å². The minimum absolute atomic E-state index is 0.141. The van der Waals surface area contributed by atoms with Crippen LogP contribution in [0.2, 0.25) is 0 Å². The number of nitrogens with zero attached hydrogens (tertiary/aromatic N) is 1. The number of aromatic amines is 1. The highest BCUT2D eigenvalue weighted by atomic mass is 19.4. The van der Waals surface area contributed by atoms with Gasteiger partial charge in [-0.1, -0.05) is 12.1 Å². The van der Waals surface area contributed by atoms with Crippen molar-refractivity contribution in [3.63, 3.8) is 0 Å². The Kier molecular flexibility index (Phi) is 3.41. The molecule has 0 unspecified atom stereocenters. The first-order valence-corrected chi connectivity index (χ1v) is 5.20. The van der Waals surface area contributed by atoms with Gasteiger partial charge in [0.2, 0.25) is 5.95 Å². The zero-order chi connectivity index (χ0) is 13.9. The van der Waals surface area contributed by atoms with E-state index >= 15 is 0 Å². The van der Waals surface area contributed by atoms with E-state index in [1.54, 1.807) is 0 Å². The Bertz CT molecular complexity index is 566. The van der Waals surface area contributed by atoms with Gasteiger partial charge < -0.3 is 10.3 Å². The second-order valence-electron chi connectivity index (χ2n) is 3.56. The van der Waals surface area contributed by atoms with E-state index in [4.69, 9.17) is 0 Å². The van der Waals surface area contributed by atoms with E-state index in [-0.39, 0.29) is 11.6 Å². The smallest absolute Gasteiger partial charge is 0.331 e. The molecule has 1 aromatic heterocycles. The lowest BCUT2D eigenvalue weighted by molar-refractivity contribution is -0.136. The molecule has 0 saturated carbocycles. The van der Waals surface area contributed by atoms with Crippen LogP contribution in [0.1, 0.15) is 5.56 Å². The largest absolute Gasteiger partial charge is 0.418 e. The van der Waals surface area contributed by atoms with Gasteiger partial charge in [0.25, 0.3) is 0 Å². The molecule has 0 spiro atoms. The van der Waals surface area contributed by atoms with Crippen LogP contribution in [-0.4, -0.2) is 16.0 Å². The fourth-order valence-electron chi connectivity index (χ4n) is 1.43. The molecule has 1 aromatic carbocycles. The zero-order valence-corrected chi connectivity index (χ0v) is 9.45. The Morgan fingerprint density at radius 1 is 1.21 bits per heavy atom. The number of imidazole rings is 1. The Hall–Kier alpha value is -2.51. The number of hydrogen-bond donors (Lipinski definition) is 3. The van der Waals surface area contributed by atoms with E-state index in [1.165, 1.54) is 30.6 Å². The standard InChI is InChI=1S/C11H9F3N4O/c12-11(13,14)7-3-1-2-4-8(7)17-10(19)18-9-15-5-6-16-9/h1-6H,(H3,15,16,17,18,19). The number of halogens is 3. The molecule has 0 radical (unpaired) electrons. The number of urea groups is 1. The zero-order valence-electron chi connectivity index (χ0n) is 9.45. The molecule has 100 valence electrons. The monoisotopic (exact) mass is 270 g/mol. The molecule has 8 heteroatoms. The van der Waals surface area contributed by atoms with E-state index in [9.17, 15) is 18.0 Å². The van der Waals surface area contributed by atoms with Crippen molar-refractivity contribution in [1.82, 2.24) is 9.97 Å². The summed E-state index contributed by atoms with van der Waals surface area (Å²) in [7, 11) is 0. The number of alkyl halides is 3. The molecule has 2 amide bonds. The molecule has 2 aromatic rings. The highest BCUT2D eigenvalue weighted by Gasteiger charge is 2.33. The number of hydrogen-bond acceptors (Lipinski definition) is 2. The lowest BCUT2D eigenvalue weighted by Crippen LogP contribution is -2.22. The molecule has 1 heterocycles. The Morgan fingerprint density at radius 3 is 2.58 bits per heavy atom. The minimum Gasteiger partial charge on any atom is -0.331 e. The van der Waals surface area contributed by atoms with Crippen LogP contribution in [-0.2, 0) is 6.18 Å². The number of amides is 2. The lowest BCUT2D eigenvalue weighted by Gasteiger charge is -2.13. The summed E-state index contributed by atoms with van der Waals surface area (Å²) < 4.78 is 38.1. The summed E-state index contributed by atoms with van der Waals surface area (Å²) in [4.78, 5) is 17.8. The first kappa shape index (κ1) is 12.9. The Balaban J connectivity index is 2.13. The third kappa shape index (κ3) is 3.24. The fraction of sp³-hybridized carbons (Fsp3) is 0.0909. The fourth-order valence-corrected chi connectivity index (χ4v) is 1.43. The summed E-state index contributed by atoms with van der Waals surface area (Å²) in [5.74, 6) is 0.141. The number of rotatable bonds is 2. The second-order valence-corrected chi connectivity index (χ2v) is 3.56. The van der Waals surface area contributed by atoms with Crippen LogP contribution in [0, 0.1) is 0 Å². The maximum Gasteiger partial charge on any atom is 0.418 e. The van der Waals surface area contributed by atoms with E-state index < -0.39 is 17.8 Å². The maximum atomic E-state index is 12.7. The molecule has 0 aliphatic carbocycles. The molecule has 0 fully saturated rings. The first-order valence-electron chi connectivity index (χ1n) is 5.20. The maximum absolute atomic E-state index is 12.7. The van der Waals surface area contributed by atoms with Gasteiger partial charge in [0.05, 0.1) is 11.3 Å². The van der Waals surface area contributed by atoms with Crippen molar-refractivity contribution in [2.24, 2.45) is 0 Å². The molecule has 0 aliphatic heterocycles. The van der Waals surface area contributed by atoms with Gasteiger partial charge in [0.1, 0.15) is 0 Å².